The van der Waals surface area contributed by atoms with E-state index >= 15 is 0 Å². The van der Waals surface area contributed by atoms with Gasteiger partial charge in [0.1, 0.15) is 0 Å². The Kier molecular flexibility index (Phi) is 4.04. The molecule has 3 nitrogen and oxygen atoms in total. The van der Waals surface area contributed by atoms with Crippen molar-refractivity contribution >= 4 is 19.6 Å². The molecule has 0 aliphatic heterocycles. The molecule has 0 bridgehead atoms. The maximum atomic E-state index is 11.1. The van der Waals surface area contributed by atoms with Gasteiger partial charge in [-0.3, -0.25) is 0 Å². The molecule has 4 heteroatoms. The number of benzene rings is 1. The highest BCUT2D eigenvalue weighted by Gasteiger charge is 1.98. The standard InChI is InChI=1S/C10H13BN2O/c1-2-12-10(14)13-9-5-3-8(7-11)4-6-9/h3-6H,2,7H2,1H3,(H2,12,13,14). The van der Waals surface area contributed by atoms with Gasteiger partial charge < -0.3 is 10.6 Å². The molecule has 14 heavy (non-hydrogen) atoms. The first-order valence-electron chi connectivity index (χ1n) is 4.60. The summed E-state index contributed by atoms with van der Waals surface area (Å²) in [7, 11) is 5.45. The fraction of sp³-hybridized carbons (Fsp3) is 0.300. The Balaban J connectivity index is 2.55. The zero-order chi connectivity index (χ0) is 10.4. The predicted octanol–water partition coefficient (Wildman–Crippen LogP) is 1.50. The normalized spacial score (nSPS) is 9.50. The van der Waals surface area contributed by atoms with E-state index in [0.29, 0.717) is 12.9 Å². The molecule has 2 radical (unpaired) electrons. The highest BCUT2D eigenvalue weighted by Crippen LogP contribution is 2.08. The van der Waals surface area contributed by atoms with Gasteiger partial charge in [0.25, 0.3) is 0 Å². The molecule has 1 rings (SSSR count). The molecule has 0 atom stereocenters. The van der Waals surface area contributed by atoms with Gasteiger partial charge in [-0.15, -0.1) is 0 Å². The van der Waals surface area contributed by atoms with Gasteiger partial charge in [0.2, 0.25) is 0 Å². The molecule has 1 aromatic rings. The largest absolute Gasteiger partial charge is 0.338 e. The fourth-order valence-corrected chi connectivity index (χ4v) is 1.06. The van der Waals surface area contributed by atoms with E-state index in [4.69, 9.17) is 7.85 Å². The maximum absolute atomic E-state index is 11.1. The molecule has 72 valence electrons. The highest BCUT2D eigenvalue weighted by molar-refractivity contribution is 6.08. The van der Waals surface area contributed by atoms with E-state index in [2.05, 4.69) is 10.6 Å². The van der Waals surface area contributed by atoms with Crippen LogP contribution in [0.25, 0.3) is 0 Å². The van der Waals surface area contributed by atoms with E-state index < -0.39 is 0 Å². The van der Waals surface area contributed by atoms with Crippen molar-refractivity contribution in [3.63, 3.8) is 0 Å². The number of nitrogens with one attached hydrogen (secondary N) is 2. The molecule has 2 N–H and O–H groups in total. The van der Waals surface area contributed by atoms with Crippen molar-refractivity contribution in [1.82, 2.24) is 5.32 Å². The summed E-state index contributed by atoms with van der Waals surface area (Å²) in [6.07, 6.45) is 0.515. The molecule has 0 fully saturated rings. The third kappa shape index (κ3) is 3.13. The second kappa shape index (κ2) is 5.32. The maximum Gasteiger partial charge on any atom is 0.319 e. The third-order valence-corrected chi connectivity index (χ3v) is 1.78. The van der Waals surface area contributed by atoms with Gasteiger partial charge in [-0.2, -0.15) is 0 Å². The van der Waals surface area contributed by atoms with Gasteiger partial charge >= 0.3 is 6.03 Å². The van der Waals surface area contributed by atoms with Crippen LogP contribution in [0.4, 0.5) is 10.5 Å². The summed E-state index contributed by atoms with van der Waals surface area (Å²) in [4.78, 5) is 11.1. The Bertz CT molecular complexity index is 297. The molecule has 0 unspecified atom stereocenters. The average molecular weight is 188 g/mol. The van der Waals surface area contributed by atoms with Crippen LogP contribution in [-0.4, -0.2) is 20.4 Å². The lowest BCUT2D eigenvalue weighted by Crippen LogP contribution is -2.28. The molecular formula is C10H13BN2O. The van der Waals surface area contributed by atoms with E-state index in [-0.39, 0.29) is 6.03 Å². The van der Waals surface area contributed by atoms with Crippen LogP contribution in [0.3, 0.4) is 0 Å². The van der Waals surface area contributed by atoms with Crippen LogP contribution < -0.4 is 10.6 Å². The molecule has 1 aromatic carbocycles. The second-order valence-corrected chi connectivity index (χ2v) is 2.89. The first-order chi connectivity index (χ1) is 6.76. The Morgan fingerprint density at radius 2 is 2.00 bits per heavy atom. The van der Waals surface area contributed by atoms with Crippen molar-refractivity contribution in [2.24, 2.45) is 0 Å². The number of anilines is 1. The molecule has 0 aliphatic rings. The van der Waals surface area contributed by atoms with Crippen LogP contribution in [0.15, 0.2) is 24.3 Å². The molecule has 2 amide bonds. The Morgan fingerprint density at radius 3 is 2.50 bits per heavy atom. The molecule has 0 heterocycles. The smallest absolute Gasteiger partial charge is 0.319 e. The Hall–Kier alpha value is -1.45. The lowest BCUT2D eigenvalue weighted by atomic mass is 9.97. The van der Waals surface area contributed by atoms with Gasteiger partial charge in [0.15, 0.2) is 0 Å². The summed E-state index contributed by atoms with van der Waals surface area (Å²) in [5, 5.41) is 5.35. The summed E-state index contributed by atoms with van der Waals surface area (Å²) < 4.78 is 0. The first-order valence-corrected chi connectivity index (χ1v) is 4.60. The van der Waals surface area contributed by atoms with Gasteiger partial charge in [-0.1, -0.05) is 24.0 Å². The highest BCUT2D eigenvalue weighted by atomic mass is 16.2. The topological polar surface area (TPSA) is 41.1 Å². The van der Waals surface area contributed by atoms with Crippen molar-refractivity contribution in [3.05, 3.63) is 29.8 Å². The van der Waals surface area contributed by atoms with Crippen LogP contribution >= 0.6 is 0 Å². The predicted molar refractivity (Wildman–Crippen MR) is 58.6 cm³/mol. The lowest BCUT2D eigenvalue weighted by Gasteiger charge is -2.05. The quantitative estimate of drug-likeness (QED) is 0.693. The van der Waals surface area contributed by atoms with E-state index in [9.17, 15) is 4.79 Å². The fourth-order valence-electron chi connectivity index (χ4n) is 1.06. The van der Waals surface area contributed by atoms with Gasteiger partial charge in [0.05, 0.1) is 7.85 Å². The third-order valence-electron chi connectivity index (χ3n) is 1.78. The minimum Gasteiger partial charge on any atom is -0.338 e. The molecule has 0 aromatic heterocycles. The SMILES string of the molecule is [B]Cc1ccc(NC(=O)NCC)cc1. The van der Waals surface area contributed by atoms with E-state index in [0.717, 1.165) is 11.3 Å². The minimum absolute atomic E-state index is 0.187. The van der Waals surface area contributed by atoms with E-state index in [1.165, 1.54) is 0 Å². The van der Waals surface area contributed by atoms with Crippen LogP contribution in [-0.2, 0) is 6.32 Å². The zero-order valence-corrected chi connectivity index (χ0v) is 8.21. The van der Waals surface area contributed by atoms with Crippen molar-refractivity contribution in [1.29, 1.82) is 0 Å². The molecule has 0 saturated carbocycles. The van der Waals surface area contributed by atoms with Crippen molar-refractivity contribution < 1.29 is 4.79 Å². The summed E-state index contributed by atoms with van der Waals surface area (Å²) >= 11 is 0. The van der Waals surface area contributed by atoms with Crippen molar-refractivity contribution in [2.75, 3.05) is 11.9 Å². The number of amides is 2. The van der Waals surface area contributed by atoms with Crippen LogP contribution in [0, 0.1) is 0 Å². The summed E-state index contributed by atoms with van der Waals surface area (Å²) in [6.45, 7) is 2.49. The van der Waals surface area contributed by atoms with Crippen LogP contribution in [0.2, 0.25) is 0 Å². The molecule has 0 aliphatic carbocycles. The van der Waals surface area contributed by atoms with Gasteiger partial charge in [-0.25, -0.2) is 4.79 Å². The van der Waals surface area contributed by atoms with E-state index in [1.54, 1.807) is 0 Å². The van der Waals surface area contributed by atoms with Crippen molar-refractivity contribution in [2.45, 2.75) is 13.2 Å². The monoisotopic (exact) mass is 188 g/mol. The Labute approximate surface area is 85.3 Å². The molecular weight excluding hydrogens is 175 g/mol. The van der Waals surface area contributed by atoms with Crippen LogP contribution in [0.1, 0.15) is 12.5 Å². The number of carbonyl (C=O) groups is 1. The van der Waals surface area contributed by atoms with Gasteiger partial charge in [0, 0.05) is 12.2 Å². The molecule has 0 saturated heterocycles. The summed E-state index contributed by atoms with van der Waals surface area (Å²) in [5.41, 5.74) is 1.82. The summed E-state index contributed by atoms with van der Waals surface area (Å²) in [6, 6.07) is 7.26. The first kappa shape index (κ1) is 10.6. The number of hydrogen-bond acceptors (Lipinski definition) is 1. The average Bonchev–Trinajstić information content (AvgIpc) is 2.19. The number of rotatable bonds is 3. The Morgan fingerprint density at radius 1 is 1.36 bits per heavy atom. The lowest BCUT2D eigenvalue weighted by molar-refractivity contribution is 0.252. The minimum atomic E-state index is -0.187. The van der Waals surface area contributed by atoms with Crippen LogP contribution in [0.5, 0.6) is 0 Å². The number of carbonyl (C=O) groups excluding carboxylic acids is 1. The summed E-state index contributed by atoms with van der Waals surface area (Å²) in [5.74, 6) is 0. The molecule has 0 spiro atoms. The number of hydrogen-bond donors (Lipinski definition) is 2. The van der Waals surface area contributed by atoms with E-state index in [1.807, 2.05) is 31.2 Å². The van der Waals surface area contributed by atoms with Gasteiger partial charge in [-0.05, 0) is 19.1 Å². The second-order valence-electron chi connectivity index (χ2n) is 2.89. The zero-order valence-electron chi connectivity index (χ0n) is 8.21. The van der Waals surface area contributed by atoms with Crippen molar-refractivity contribution in [3.8, 4) is 0 Å². The number of urea groups is 1.